The normalized spacial score (nSPS) is 11.7. The van der Waals surface area contributed by atoms with Crippen LogP contribution in [0.25, 0.3) is 22.4 Å². The first kappa shape index (κ1) is 22.9. The number of thiazole rings is 1. The maximum absolute atomic E-state index is 13.0. The first-order valence-corrected chi connectivity index (χ1v) is 12.2. The van der Waals surface area contributed by atoms with Crippen LogP contribution in [0.1, 0.15) is 11.1 Å². The Bertz CT molecular complexity index is 1630. The van der Waals surface area contributed by atoms with Crippen LogP contribution in [0.2, 0.25) is 0 Å². The van der Waals surface area contributed by atoms with Crippen LogP contribution >= 0.6 is 27.3 Å². The Balaban J connectivity index is 1.39. The number of benzene rings is 2. The van der Waals surface area contributed by atoms with Crippen LogP contribution in [0.3, 0.4) is 0 Å². The van der Waals surface area contributed by atoms with Crippen LogP contribution in [0, 0.1) is 6.92 Å². The van der Waals surface area contributed by atoms with Crippen LogP contribution in [0.5, 0.6) is 5.75 Å². The van der Waals surface area contributed by atoms with E-state index in [0.29, 0.717) is 32.3 Å². The molecule has 0 aliphatic rings. The number of aromatic nitrogens is 4. The molecule has 3 heterocycles. The summed E-state index contributed by atoms with van der Waals surface area (Å²) in [5.41, 5.74) is 2.96. The Morgan fingerprint density at radius 3 is 2.66 bits per heavy atom. The first-order chi connectivity index (χ1) is 17.0. The van der Waals surface area contributed by atoms with Gasteiger partial charge in [-0.1, -0.05) is 45.0 Å². The monoisotopic (exact) mass is 547 g/mol. The summed E-state index contributed by atoms with van der Waals surface area (Å²) >= 11 is 4.69. The smallest absolute Gasteiger partial charge is 0.291 e. The number of carbonyl (C=O) groups excluding carboxylic acids is 1. The van der Waals surface area contributed by atoms with Gasteiger partial charge in [-0.3, -0.25) is 14.6 Å². The Morgan fingerprint density at radius 1 is 1.14 bits per heavy atom. The van der Waals surface area contributed by atoms with Crippen molar-refractivity contribution < 1.29 is 9.53 Å². The number of amides is 1. The highest BCUT2D eigenvalue weighted by atomic mass is 79.9. The number of nitrogens with one attached hydrogen (secondary N) is 1. The minimum atomic E-state index is -0.283. The second-order valence-corrected chi connectivity index (χ2v) is 9.59. The van der Waals surface area contributed by atoms with Crippen molar-refractivity contribution >= 4 is 49.9 Å². The van der Waals surface area contributed by atoms with E-state index in [4.69, 9.17) is 4.74 Å². The molecule has 35 heavy (non-hydrogen) atoms. The zero-order valence-electron chi connectivity index (χ0n) is 18.4. The molecule has 0 bridgehead atoms. The van der Waals surface area contributed by atoms with E-state index in [1.165, 1.54) is 15.9 Å². The molecule has 1 N–H and O–H groups in total. The van der Waals surface area contributed by atoms with Crippen molar-refractivity contribution in [2.75, 3.05) is 11.9 Å². The maximum atomic E-state index is 13.0. The number of carbonyl (C=O) groups is 1. The summed E-state index contributed by atoms with van der Waals surface area (Å²) < 4.78 is 8.34. The van der Waals surface area contributed by atoms with Gasteiger partial charge in [0.15, 0.2) is 12.4 Å². The number of fused-ring (bicyclic) bond motifs is 1. The second-order valence-electron chi connectivity index (χ2n) is 7.67. The van der Waals surface area contributed by atoms with Crippen LogP contribution in [-0.2, 0) is 4.79 Å². The molecule has 8 nitrogen and oxygen atoms in total. The number of anilines is 1. The van der Waals surface area contributed by atoms with Gasteiger partial charge < -0.3 is 10.1 Å². The zero-order chi connectivity index (χ0) is 24.4. The lowest BCUT2D eigenvalue weighted by Gasteiger charge is -2.10. The van der Waals surface area contributed by atoms with Crippen molar-refractivity contribution in [2.24, 2.45) is 0 Å². The van der Waals surface area contributed by atoms with Crippen LogP contribution in [0.15, 0.2) is 76.3 Å². The topological polar surface area (TPSA) is 98.5 Å². The molecule has 0 aliphatic carbocycles. The molecule has 1 amide bonds. The van der Waals surface area contributed by atoms with E-state index in [9.17, 15) is 9.59 Å². The van der Waals surface area contributed by atoms with Gasteiger partial charge in [-0.25, -0.2) is 0 Å². The molecular weight excluding hydrogens is 530 g/mol. The van der Waals surface area contributed by atoms with Gasteiger partial charge in [0, 0.05) is 33.7 Å². The van der Waals surface area contributed by atoms with E-state index < -0.39 is 0 Å². The van der Waals surface area contributed by atoms with E-state index in [1.54, 1.807) is 36.7 Å². The highest BCUT2D eigenvalue weighted by Crippen LogP contribution is 2.24. The third kappa shape index (κ3) is 5.13. The molecule has 0 saturated heterocycles. The van der Waals surface area contributed by atoms with Crippen LogP contribution < -0.4 is 20.1 Å². The number of rotatable bonds is 6. The van der Waals surface area contributed by atoms with E-state index in [2.05, 4.69) is 36.3 Å². The van der Waals surface area contributed by atoms with Crippen molar-refractivity contribution in [1.82, 2.24) is 19.6 Å². The summed E-state index contributed by atoms with van der Waals surface area (Å²) in [5.74, 6) is 0.658. The minimum absolute atomic E-state index is 0.175. The number of halogens is 1. The lowest BCUT2D eigenvalue weighted by Crippen LogP contribution is -2.24. The molecule has 0 aliphatic heterocycles. The van der Waals surface area contributed by atoms with Gasteiger partial charge in [0.2, 0.25) is 4.96 Å². The number of hydrogen-bond acceptors (Lipinski definition) is 7. The standard InChI is InChI=1S/C25H18BrN5O3S/c1-15-2-5-19(6-3-15)28-22(32)14-34-20-7-4-18(26)12-17(20)13-21-24(33)31-25(35-21)29-23(30-31)16-8-10-27-11-9-16/h2-13H,14H2,1H3,(H,28,32)/b21-13-. The van der Waals surface area contributed by atoms with Gasteiger partial charge in [-0.05, 0) is 55.5 Å². The largest absolute Gasteiger partial charge is 0.483 e. The summed E-state index contributed by atoms with van der Waals surface area (Å²) in [6.45, 7) is 1.81. The third-order valence-electron chi connectivity index (χ3n) is 5.07. The van der Waals surface area contributed by atoms with E-state index in [1.807, 2.05) is 43.3 Å². The van der Waals surface area contributed by atoms with Crippen molar-refractivity contribution in [1.29, 1.82) is 0 Å². The third-order valence-corrected chi connectivity index (χ3v) is 6.53. The SMILES string of the molecule is Cc1ccc(NC(=O)COc2ccc(Br)cc2/C=c2\sc3nc(-c4ccncc4)nn3c2=O)cc1. The quantitative estimate of drug-likeness (QED) is 0.346. The minimum Gasteiger partial charge on any atom is -0.483 e. The Labute approximate surface area is 212 Å². The van der Waals surface area contributed by atoms with Crippen LogP contribution in [-0.4, -0.2) is 32.1 Å². The highest BCUT2D eigenvalue weighted by Gasteiger charge is 2.13. The fraction of sp³-hybridized carbons (Fsp3) is 0.0800. The van der Waals surface area contributed by atoms with E-state index in [0.717, 1.165) is 15.6 Å². The molecule has 0 radical (unpaired) electrons. The predicted molar refractivity (Wildman–Crippen MR) is 139 cm³/mol. The molecule has 174 valence electrons. The van der Waals surface area contributed by atoms with Crippen molar-refractivity contribution in [3.05, 3.63) is 97.5 Å². The fourth-order valence-electron chi connectivity index (χ4n) is 3.34. The number of hydrogen-bond donors (Lipinski definition) is 1. The number of pyridine rings is 1. The average molecular weight is 548 g/mol. The molecule has 0 saturated carbocycles. The second kappa shape index (κ2) is 9.77. The molecule has 10 heteroatoms. The van der Waals surface area contributed by atoms with Gasteiger partial charge in [0.25, 0.3) is 11.5 Å². The molecule has 0 unspecified atom stereocenters. The lowest BCUT2D eigenvalue weighted by molar-refractivity contribution is -0.118. The summed E-state index contributed by atoms with van der Waals surface area (Å²) in [6, 6.07) is 16.5. The Kier molecular flexibility index (Phi) is 6.39. The summed E-state index contributed by atoms with van der Waals surface area (Å²) in [5, 5.41) is 7.16. The molecule has 0 atom stereocenters. The summed E-state index contributed by atoms with van der Waals surface area (Å²) in [7, 11) is 0. The van der Waals surface area contributed by atoms with Gasteiger partial charge in [-0.2, -0.15) is 9.50 Å². The number of nitrogens with zero attached hydrogens (tertiary/aromatic N) is 4. The molecule has 5 aromatic rings. The molecule has 0 spiro atoms. The molecule has 5 rings (SSSR count). The highest BCUT2D eigenvalue weighted by molar-refractivity contribution is 9.10. The molecule has 0 fully saturated rings. The fourth-order valence-corrected chi connectivity index (χ4v) is 4.62. The van der Waals surface area contributed by atoms with Crippen molar-refractivity contribution in [3.63, 3.8) is 0 Å². The predicted octanol–water partition coefficient (Wildman–Crippen LogP) is 3.85. The number of aryl methyl sites for hydroxylation is 1. The lowest BCUT2D eigenvalue weighted by atomic mass is 10.2. The van der Waals surface area contributed by atoms with E-state index >= 15 is 0 Å². The molecule has 3 aromatic heterocycles. The summed E-state index contributed by atoms with van der Waals surface area (Å²) in [6.07, 6.45) is 5.02. The van der Waals surface area contributed by atoms with Gasteiger partial charge >= 0.3 is 0 Å². The van der Waals surface area contributed by atoms with Crippen molar-refractivity contribution in [3.8, 4) is 17.1 Å². The first-order valence-electron chi connectivity index (χ1n) is 10.6. The summed E-state index contributed by atoms with van der Waals surface area (Å²) in [4.78, 5) is 34.3. The molecular formula is C25H18BrN5O3S. The maximum Gasteiger partial charge on any atom is 0.291 e. The van der Waals surface area contributed by atoms with Gasteiger partial charge in [-0.15, -0.1) is 5.10 Å². The Hall–Kier alpha value is -3.89. The number of ether oxygens (including phenoxy) is 1. The molecule has 2 aromatic carbocycles. The zero-order valence-corrected chi connectivity index (χ0v) is 20.8. The van der Waals surface area contributed by atoms with Gasteiger partial charge in [0.1, 0.15) is 5.75 Å². The van der Waals surface area contributed by atoms with Gasteiger partial charge in [0.05, 0.1) is 4.53 Å². The van der Waals surface area contributed by atoms with Crippen LogP contribution in [0.4, 0.5) is 5.69 Å². The average Bonchev–Trinajstić information content (AvgIpc) is 3.40. The van der Waals surface area contributed by atoms with E-state index in [-0.39, 0.29) is 18.1 Å². The van der Waals surface area contributed by atoms with Crippen molar-refractivity contribution in [2.45, 2.75) is 6.92 Å². The Morgan fingerprint density at radius 2 is 1.91 bits per heavy atom.